The van der Waals surface area contributed by atoms with Crippen LogP contribution in [-0.2, 0) is 4.79 Å². The highest BCUT2D eigenvalue weighted by Gasteiger charge is 1.99. The number of hydrogen-bond donors (Lipinski definition) is 2. The number of hydrogen-bond acceptors (Lipinski definition) is 3. The van der Waals surface area contributed by atoms with Crippen LogP contribution in [-0.4, -0.2) is 50.1 Å². The van der Waals surface area contributed by atoms with Crippen molar-refractivity contribution in [1.29, 1.82) is 0 Å². The summed E-state index contributed by atoms with van der Waals surface area (Å²) in [6.45, 7) is 12.4. The lowest BCUT2D eigenvalue weighted by Gasteiger charge is -2.18. The molecule has 0 rings (SSSR count). The van der Waals surface area contributed by atoms with Crippen LogP contribution in [0.4, 0.5) is 0 Å². The van der Waals surface area contributed by atoms with Gasteiger partial charge in [0.05, 0.1) is 0 Å². The molecule has 0 atom stereocenters. The zero-order valence-electron chi connectivity index (χ0n) is 14.3. The first-order chi connectivity index (χ1) is 10.2. The van der Waals surface area contributed by atoms with E-state index in [-0.39, 0.29) is 5.91 Å². The Hall–Kier alpha value is -0.870. The van der Waals surface area contributed by atoms with Gasteiger partial charge in [0.25, 0.3) is 0 Å². The molecule has 0 fully saturated rings. The minimum Gasteiger partial charge on any atom is -0.355 e. The first kappa shape index (κ1) is 20.1. The van der Waals surface area contributed by atoms with Crippen molar-refractivity contribution in [3.05, 3.63) is 12.2 Å². The third-order valence-electron chi connectivity index (χ3n) is 3.55. The Balaban J connectivity index is 3.35. The van der Waals surface area contributed by atoms with Gasteiger partial charge in [-0.25, -0.2) is 0 Å². The molecule has 0 spiro atoms. The number of amides is 1. The van der Waals surface area contributed by atoms with Crippen LogP contribution in [0.5, 0.6) is 0 Å². The summed E-state index contributed by atoms with van der Waals surface area (Å²) in [7, 11) is 0. The average molecular weight is 297 g/mol. The van der Waals surface area contributed by atoms with E-state index in [1.54, 1.807) is 0 Å². The van der Waals surface area contributed by atoms with Crippen LogP contribution in [0.15, 0.2) is 12.2 Å². The molecular formula is C17H35N3O. The van der Waals surface area contributed by atoms with Crippen molar-refractivity contribution in [2.24, 2.45) is 0 Å². The van der Waals surface area contributed by atoms with Crippen LogP contribution in [0.25, 0.3) is 0 Å². The zero-order chi connectivity index (χ0) is 15.8. The fourth-order valence-corrected chi connectivity index (χ4v) is 2.05. The highest BCUT2D eigenvalue weighted by molar-refractivity contribution is 5.75. The van der Waals surface area contributed by atoms with Gasteiger partial charge in [-0.05, 0) is 25.9 Å². The number of nitrogens with one attached hydrogen (secondary N) is 2. The Morgan fingerprint density at radius 2 is 1.71 bits per heavy atom. The van der Waals surface area contributed by atoms with E-state index in [1.165, 1.54) is 12.8 Å². The Morgan fingerprint density at radius 1 is 1.00 bits per heavy atom. The molecule has 1 amide bonds. The average Bonchev–Trinajstić information content (AvgIpc) is 2.50. The predicted octanol–water partition coefficient (Wildman–Crippen LogP) is 2.56. The van der Waals surface area contributed by atoms with E-state index in [0.717, 1.165) is 52.1 Å². The fraction of sp³-hybridized carbons (Fsp3) is 0.824. The molecular weight excluding hydrogens is 262 g/mol. The molecule has 0 heterocycles. The quantitative estimate of drug-likeness (QED) is 0.382. The third kappa shape index (κ3) is 13.9. The first-order valence-corrected chi connectivity index (χ1v) is 8.59. The van der Waals surface area contributed by atoms with E-state index < -0.39 is 0 Å². The van der Waals surface area contributed by atoms with Gasteiger partial charge in [-0.2, -0.15) is 0 Å². The number of rotatable bonds is 14. The summed E-state index contributed by atoms with van der Waals surface area (Å²) in [6.07, 6.45) is 9.36. The Bertz CT molecular complexity index is 263. The molecule has 0 aromatic heterocycles. The molecule has 0 saturated heterocycles. The van der Waals surface area contributed by atoms with E-state index in [9.17, 15) is 4.79 Å². The minimum absolute atomic E-state index is 0.153. The van der Waals surface area contributed by atoms with Gasteiger partial charge in [-0.15, -0.1) is 0 Å². The van der Waals surface area contributed by atoms with E-state index >= 15 is 0 Å². The number of likely N-dealkylation sites (N-methyl/N-ethyl adjacent to an activating group) is 1. The number of unbranched alkanes of at least 4 members (excludes halogenated alkanes) is 2. The van der Waals surface area contributed by atoms with E-state index in [4.69, 9.17) is 0 Å². The summed E-state index contributed by atoms with van der Waals surface area (Å²) in [5.74, 6) is 0.153. The van der Waals surface area contributed by atoms with E-state index in [0.29, 0.717) is 6.42 Å². The molecule has 124 valence electrons. The maximum atomic E-state index is 11.6. The summed E-state index contributed by atoms with van der Waals surface area (Å²) < 4.78 is 0. The lowest BCUT2D eigenvalue weighted by Crippen LogP contribution is -2.36. The molecule has 0 radical (unpaired) electrons. The summed E-state index contributed by atoms with van der Waals surface area (Å²) >= 11 is 0. The van der Waals surface area contributed by atoms with Gasteiger partial charge >= 0.3 is 0 Å². The van der Waals surface area contributed by atoms with Crippen molar-refractivity contribution in [3.63, 3.8) is 0 Å². The van der Waals surface area contributed by atoms with Crippen molar-refractivity contribution >= 4 is 5.91 Å². The molecule has 0 aromatic rings. The van der Waals surface area contributed by atoms with Crippen LogP contribution >= 0.6 is 0 Å². The van der Waals surface area contributed by atoms with Gasteiger partial charge in [0, 0.05) is 32.6 Å². The molecule has 4 heteroatoms. The van der Waals surface area contributed by atoms with E-state index in [2.05, 4.69) is 48.5 Å². The van der Waals surface area contributed by atoms with Gasteiger partial charge in [-0.1, -0.05) is 45.8 Å². The second-order valence-electron chi connectivity index (χ2n) is 5.28. The maximum absolute atomic E-state index is 11.6. The highest BCUT2D eigenvalue weighted by atomic mass is 16.1. The molecule has 0 saturated carbocycles. The van der Waals surface area contributed by atoms with Crippen LogP contribution in [0.1, 0.15) is 52.9 Å². The number of nitrogens with zero attached hydrogens (tertiary/aromatic N) is 1. The topological polar surface area (TPSA) is 44.4 Å². The molecule has 0 aliphatic heterocycles. The number of carbonyl (C=O) groups is 1. The SMILES string of the molecule is CCCC/C=C/CCC(=O)NCCNCCN(CC)CC. The summed E-state index contributed by atoms with van der Waals surface area (Å²) in [5.41, 5.74) is 0. The van der Waals surface area contributed by atoms with Crippen LogP contribution in [0.2, 0.25) is 0 Å². The largest absolute Gasteiger partial charge is 0.355 e. The number of carbonyl (C=O) groups excluding carboxylic acids is 1. The minimum atomic E-state index is 0.153. The van der Waals surface area contributed by atoms with Crippen molar-refractivity contribution in [1.82, 2.24) is 15.5 Å². The second-order valence-corrected chi connectivity index (χ2v) is 5.28. The highest BCUT2D eigenvalue weighted by Crippen LogP contribution is 1.97. The lowest BCUT2D eigenvalue weighted by molar-refractivity contribution is -0.120. The third-order valence-corrected chi connectivity index (χ3v) is 3.55. The standard InChI is InChI=1S/C17H35N3O/c1-4-7-8-9-10-11-12-17(21)19-14-13-18-15-16-20(5-2)6-3/h9-10,18H,4-8,11-16H2,1-3H3,(H,19,21)/b10-9+. The van der Waals surface area contributed by atoms with Crippen LogP contribution in [0.3, 0.4) is 0 Å². The van der Waals surface area contributed by atoms with Crippen molar-refractivity contribution in [2.75, 3.05) is 39.3 Å². The molecule has 0 aromatic carbocycles. The van der Waals surface area contributed by atoms with Gasteiger partial charge in [0.2, 0.25) is 5.91 Å². The first-order valence-electron chi connectivity index (χ1n) is 8.59. The van der Waals surface area contributed by atoms with Gasteiger partial charge < -0.3 is 15.5 Å². The van der Waals surface area contributed by atoms with Gasteiger partial charge in [0.1, 0.15) is 0 Å². The van der Waals surface area contributed by atoms with Crippen molar-refractivity contribution in [2.45, 2.75) is 52.9 Å². The predicted molar refractivity (Wildman–Crippen MR) is 91.6 cm³/mol. The molecule has 21 heavy (non-hydrogen) atoms. The Labute approximate surface area is 131 Å². The van der Waals surface area contributed by atoms with Crippen molar-refractivity contribution < 1.29 is 4.79 Å². The lowest BCUT2D eigenvalue weighted by atomic mass is 10.2. The molecule has 0 aliphatic rings. The Morgan fingerprint density at radius 3 is 2.38 bits per heavy atom. The second kappa shape index (κ2) is 15.5. The normalized spacial score (nSPS) is 11.4. The maximum Gasteiger partial charge on any atom is 0.220 e. The van der Waals surface area contributed by atoms with Gasteiger partial charge in [0.15, 0.2) is 0 Å². The molecule has 2 N–H and O–H groups in total. The molecule has 0 bridgehead atoms. The summed E-state index contributed by atoms with van der Waals surface area (Å²) in [5, 5.41) is 6.31. The van der Waals surface area contributed by atoms with Gasteiger partial charge in [-0.3, -0.25) is 4.79 Å². The zero-order valence-corrected chi connectivity index (χ0v) is 14.3. The molecule has 4 nitrogen and oxygen atoms in total. The fourth-order valence-electron chi connectivity index (χ4n) is 2.05. The number of allylic oxidation sites excluding steroid dienone is 2. The smallest absolute Gasteiger partial charge is 0.220 e. The summed E-state index contributed by atoms with van der Waals surface area (Å²) in [4.78, 5) is 14.0. The van der Waals surface area contributed by atoms with Crippen LogP contribution < -0.4 is 10.6 Å². The van der Waals surface area contributed by atoms with E-state index in [1.807, 2.05) is 0 Å². The van der Waals surface area contributed by atoms with Crippen molar-refractivity contribution in [3.8, 4) is 0 Å². The van der Waals surface area contributed by atoms with Crippen LogP contribution in [0, 0.1) is 0 Å². The Kier molecular flexibility index (Phi) is 14.9. The summed E-state index contributed by atoms with van der Waals surface area (Å²) in [6, 6.07) is 0. The monoisotopic (exact) mass is 297 g/mol. The molecule has 0 unspecified atom stereocenters. The molecule has 0 aliphatic carbocycles.